The van der Waals surface area contributed by atoms with Crippen LogP contribution in [0.5, 0.6) is 0 Å². The van der Waals surface area contributed by atoms with Gasteiger partial charge in [-0.2, -0.15) is 5.26 Å². The molecule has 160 valence electrons. The van der Waals surface area contributed by atoms with E-state index < -0.39 is 5.54 Å². The fraction of sp³-hybridized carbons (Fsp3) is 0.333. The van der Waals surface area contributed by atoms with Crippen molar-refractivity contribution in [2.75, 3.05) is 5.75 Å². The van der Waals surface area contributed by atoms with Crippen molar-refractivity contribution in [3.05, 3.63) is 70.5 Å². The third-order valence-electron chi connectivity index (χ3n) is 5.56. The Balaban J connectivity index is 1.97. The number of benzene rings is 2. The average molecular weight is 435 g/mol. The first kappa shape index (κ1) is 22.6. The molecule has 0 aliphatic carbocycles. The van der Waals surface area contributed by atoms with Gasteiger partial charge in [0.15, 0.2) is 5.16 Å². The van der Waals surface area contributed by atoms with Crippen LogP contribution >= 0.6 is 11.8 Å². The summed E-state index contributed by atoms with van der Waals surface area (Å²) >= 11 is 1.20. The van der Waals surface area contributed by atoms with Gasteiger partial charge in [-0.15, -0.1) is 0 Å². The summed E-state index contributed by atoms with van der Waals surface area (Å²) < 4.78 is 1.64. The van der Waals surface area contributed by atoms with E-state index in [1.54, 1.807) is 23.6 Å². The molecule has 2 atom stereocenters. The predicted molar refractivity (Wildman–Crippen MR) is 124 cm³/mol. The van der Waals surface area contributed by atoms with Gasteiger partial charge in [0.05, 0.1) is 28.8 Å². The lowest BCUT2D eigenvalue weighted by molar-refractivity contribution is -0.120. The number of rotatable bonds is 7. The van der Waals surface area contributed by atoms with Crippen LogP contribution in [-0.2, 0) is 4.79 Å². The minimum atomic E-state index is -0.953. The Hall–Kier alpha value is -3.11. The highest BCUT2D eigenvalue weighted by atomic mass is 32.2. The summed E-state index contributed by atoms with van der Waals surface area (Å²) in [5, 5.41) is 13.3. The number of fused-ring (bicyclic) bond motifs is 1. The molecule has 0 aliphatic rings. The van der Waals surface area contributed by atoms with Gasteiger partial charge in [0, 0.05) is 0 Å². The lowest BCUT2D eigenvalue weighted by atomic mass is 9.90. The number of hydrogen-bond acceptors (Lipinski definition) is 5. The van der Waals surface area contributed by atoms with Gasteiger partial charge in [-0.3, -0.25) is 14.2 Å². The van der Waals surface area contributed by atoms with Crippen LogP contribution in [0.3, 0.4) is 0 Å². The number of amides is 1. The van der Waals surface area contributed by atoms with Crippen LogP contribution in [0.15, 0.2) is 64.5 Å². The lowest BCUT2D eigenvalue weighted by Gasteiger charge is -2.27. The Kier molecular flexibility index (Phi) is 6.81. The van der Waals surface area contributed by atoms with E-state index in [0.717, 1.165) is 5.56 Å². The van der Waals surface area contributed by atoms with E-state index in [0.29, 0.717) is 16.1 Å². The maximum absolute atomic E-state index is 13.3. The molecule has 7 heteroatoms. The van der Waals surface area contributed by atoms with Gasteiger partial charge in [-0.05, 0) is 37.5 Å². The third-order valence-corrected chi connectivity index (χ3v) is 6.52. The van der Waals surface area contributed by atoms with Crippen molar-refractivity contribution in [1.82, 2.24) is 14.9 Å². The highest BCUT2D eigenvalue weighted by molar-refractivity contribution is 7.99. The Morgan fingerprint density at radius 2 is 1.81 bits per heavy atom. The first-order valence-electron chi connectivity index (χ1n) is 10.2. The standard InChI is InChI=1S/C24H26N4O2S/c1-16(2)24(4,15-25)27-21(29)14-31-23-26-20-13-9-8-12-19(20)22(30)28(23)17(3)18-10-6-5-7-11-18/h5-13,16-17H,14H2,1-4H3,(H,27,29)/t17-,24+/m0/s1. The molecule has 1 amide bonds. The summed E-state index contributed by atoms with van der Waals surface area (Å²) in [4.78, 5) is 30.6. The van der Waals surface area contributed by atoms with Crippen molar-refractivity contribution in [2.45, 2.75) is 44.4 Å². The second kappa shape index (κ2) is 9.36. The normalized spacial score (nSPS) is 14.1. The molecule has 6 nitrogen and oxygen atoms in total. The van der Waals surface area contributed by atoms with Crippen molar-refractivity contribution in [3.8, 4) is 6.07 Å². The molecule has 1 N–H and O–H groups in total. The van der Waals surface area contributed by atoms with Crippen molar-refractivity contribution in [3.63, 3.8) is 0 Å². The SMILES string of the molecule is CC(C)[C@@](C)(C#N)NC(=O)CSc1nc2ccccc2c(=O)n1[C@@H](C)c1ccccc1. The maximum Gasteiger partial charge on any atom is 0.262 e. The predicted octanol–water partition coefficient (Wildman–Crippen LogP) is 4.15. The highest BCUT2D eigenvalue weighted by Gasteiger charge is 2.30. The second-order valence-corrected chi connectivity index (χ2v) is 8.92. The van der Waals surface area contributed by atoms with Gasteiger partial charge in [0.2, 0.25) is 5.91 Å². The zero-order chi connectivity index (χ0) is 22.6. The van der Waals surface area contributed by atoms with Crippen LogP contribution in [0.2, 0.25) is 0 Å². The van der Waals surface area contributed by atoms with Gasteiger partial charge in [0.25, 0.3) is 5.56 Å². The molecule has 2 aromatic carbocycles. The quantitative estimate of drug-likeness (QED) is 0.446. The Morgan fingerprint density at radius 3 is 2.45 bits per heavy atom. The molecule has 0 saturated carbocycles. The summed E-state index contributed by atoms with van der Waals surface area (Å²) in [5.41, 5.74) is 0.473. The van der Waals surface area contributed by atoms with Crippen LogP contribution < -0.4 is 10.9 Å². The van der Waals surface area contributed by atoms with Gasteiger partial charge in [-0.1, -0.05) is 68.1 Å². The Morgan fingerprint density at radius 1 is 1.16 bits per heavy atom. The number of nitriles is 1. The summed E-state index contributed by atoms with van der Waals surface area (Å²) in [7, 11) is 0. The van der Waals surface area contributed by atoms with Gasteiger partial charge >= 0.3 is 0 Å². The first-order valence-corrected chi connectivity index (χ1v) is 11.2. The first-order chi connectivity index (χ1) is 14.8. The molecule has 3 aromatic rings. The largest absolute Gasteiger partial charge is 0.337 e. The molecular weight excluding hydrogens is 408 g/mol. The summed E-state index contributed by atoms with van der Waals surface area (Å²) in [6, 6.07) is 18.9. The average Bonchev–Trinajstić information content (AvgIpc) is 2.77. The van der Waals surface area contributed by atoms with E-state index in [2.05, 4.69) is 16.4 Å². The van der Waals surface area contributed by atoms with Crippen molar-refractivity contribution in [1.29, 1.82) is 5.26 Å². The third kappa shape index (κ3) is 4.80. The number of para-hydroxylation sites is 1. The van der Waals surface area contributed by atoms with Crippen molar-refractivity contribution < 1.29 is 4.79 Å². The molecule has 0 unspecified atom stereocenters. The van der Waals surface area contributed by atoms with Crippen molar-refractivity contribution in [2.24, 2.45) is 5.92 Å². The van der Waals surface area contributed by atoms with Crippen LogP contribution in [0.4, 0.5) is 0 Å². The minimum Gasteiger partial charge on any atom is -0.337 e. The topological polar surface area (TPSA) is 87.8 Å². The molecule has 0 fully saturated rings. The fourth-order valence-corrected chi connectivity index (χ4v) is 4.08. The zero-order valence-corrected chi connectivity index (χ0v) is 18.9. The minimum absolute atomic E-state index is 0.0403. The monoisotopic (exact) mass is 434 g/mol. The maximum atomic E-state index is 13.3. The van der Waals surface area contributed by atoms with Crippen LogP contribution in [0.1, 0.15) is 39.3 Å². The van der Waals surface area contributed by atoms with Crippen molar-refractivity contribution >= 4 is 28.6 Å². The highest BCUT2D eigenvalue weighted by Crippen LogP contribution is 2.25. The summed E-state index contributed by atoms with van der Waals surface area (Å²) in [6.07, 6.45) is 0. The molecule has 31 heavy (non-hydrogen) atoms. The molecule has 1 heterocycles. The molecule has 0 spiro atoms. The number of carbonyl (C=O) groups is 1. The van der Waals surface area contributed by atoms with E-state index in [9.17, 15) is 14.9 Å². The van der Waals surface area contributed by atoms with Crippen LogP contribution in [0.25, 0.3) is 10.9 Å². The van der Waals surface area contributed by atoms with E-state index in [1.807, 2.05) is 63.2 Å². The number of thioether (sulfide) groups is 1. The van der Waals surface area contributed by atoms with Gasteiger partial charge in [-0.25, -0.2) is 4.98 Å². The number of nitrogens with one attached hydrogen (secondary N) is 1. The lowest BCUT2D eigenvalue weighted by Crippen LogP contribution is -2.49. The van der Waals surface area contributed by atoms with Crippen LogP contribution in [0, 0.1) is 17.2 Å². The Labute approximate surface area is 186 Å². The van der Waals surface area contributed by atoms with Gasteiger partial charge < -0.3 is 5.32 Å². The Bertz CT molecular complexity index is 1180. The zero-order valence-electron chi connectivity index (χ0n) is 18.1. The van der Waals surface area contributed by atoms with Crippen LogP contribution in [-0.4, -0.2) is 26.8 Å². The number of nitrogens with zero attached hydrogens (tertiary/aromatic N) is 3. The van der Waals surface area contributed by atoms with Gasteiger partial charge in [0.1, 0.15) is 5.54 Å². The summed E-state index contributed by atoms with van der Waals surface area (Å²) in [6.45, 7) is 7.44. The van der Waals surface area contributed by atoms with E-state index >= 15 is 0 Å². The molecule has 0 aliphatic heterocycles. The molecule has 3 rings (SSSR count). The fourth-order valence-electron chi connectivity index (χ4n) is 3.21. The number of hydrogen-bond donors (Lipinski definition) is 1. The van der Waals surface area contributed by atoms with E-state index in [-0.39, 0.29) is 29.2 Å². The smallest absolute Gasteiger partial charge is 0.262 e. The van der Waals surface area contributed by atoms with E-state index in [1.165, 1.54) is 11.8 Å². The molecule has 1 aromatic heterocycles. The molecule has 0 radical (unpaired) electrons. The number of aromatic nitrogens is 2. The van der Waals surface area contributed by atoms with E-state index in [4.69, 9.17) is 0 Å². The summed E-state index contributed by atoms with van der Waals surface area (Å²) in [5.74, 6) is -0.262. The number of carbonyl (C=O) groups excluding carboxylic acids is 1. The molecular formula is C24H26N4O2S. The molecule has 0 bridgehead atoms. The second-order valence-electron chi connectivity index (χ2n) is 7.98. The molecule has 0 saturated heterocycles.